The Morgan fingerprint density at radius 3 is 2.19 bits per heavy atom. The fourth-order valence-electron chi connectivity index (χ4n) is 1.58. The molecule has 1 heterocycles. The molecule has 0 bridgehead atoms. The van der Waals surface area contributed by atoms with Crippen molar-refractivity contribution in [1.29, 1.82) is 0 Å². The van der Waals surface area contributed by atoms with Crippen molar-refractivity contribution in [3.05, 3.63) is 33.7 Å². The smallest absolute Gasteiger partial charge is 0.141 e. The number of halogens is 3. The average Bonchev–Trinajstić information content (AvgIpc) is 2.51. The van der Waals surface area contributed by atoms with Crippen molar-refractivity contribution < 1.29 is 8.78 Å². The van der Waals surface area contributed by atoms with Crippen LogP contribution < -0.4 is 0 Å². The van der Waals surface area contributed by atoms with E-state index in [0.29, 0.717) is 9.72 Å². The molecule has 2 rings (SSSR count). The third kappa shape index (κ3) is 1.72. The summed E-state index contributed by atoms with van der Waals surface area (Å²) in [5.41, 5.74) is -0.209. The van der Waals surface area contributed by atoms with Crippen molar-refractivity contribution in [2.45, 2.75) is 26.2 Å². The molecule has 0 amide bonds. The number of thiophene rings is 1. The minimum atomic E-state index is -0.465. The summed E-state index contributed by atoms with van der Waals surface area (Å²) in [6.45, 7) is 5.91. The first-order chi connectivity index (χ1) is 7.32. The lowest BCUT2D eigenvalue weighted by Crippen LogP contribution is -2.08. The molecule has 0 aliphatic heterocycles. The Morgan fingerprint density at radius 2 is 1.69 bits per heavy atom. The first-order valence-electron chi connectivity index (χ1n) is 4.89. The lowest BCUT2D eigenvalue weighted by atomic mass is 9.94. The van der Waals surface area contributed by atoms with Crippen molar-refractivity contribution in [3.63, 3.8) is 0 Å². The monoisotopic (exact) mass is 260 g/mol. The lowest BCUT2D eigenvalue weighted by Gasteiger charge is -2.16. The Labute approximate surface area is 102 Å². The quantitative estimate of drug-likeness (QED) is 0.616. The summed E-state index contributed by atoms with van der Waals surface area (Å²) in [6.07, 6.45) is 0. The third-order valence-electron chi connectivity index (χ3n) is 2.36. The molecule has 0 unspecified atom stereocenters. The van der Waals surface area contributed by atoms with Crippen LogP contribution >= 0.6 is 22.9 Å². The lowest BCUT2D eigenvalue weighted by molar-refractivity contribution is 0.603. The third-order valence-corrected chi connectivity index (χ3v) is 4.48. The number of hydrogen-bond donors (Lipinski definition) is 0. The first-order valence-corrected chi connectivity index (χ1v) is 6.08. The number of rotatable bonds is 0. The molecule has 0 atom stereocenters. The molecule has 86 valence electrons. The molecule has 4 heteroatoms. The van der Waals surface area contributed by atoms with Crippen molar-refractivity contribution in [3.8, 4) is 0 Å². The Morgan fingerprint density at radius 1 is 1.12 bits per heavy atom. The van der Waals surface area contributed by atoms with Crippen molar-refractivity contribution in [2.75, 3.05) is 0 Å². The summed E-state index contributed by atoms with van der Waals surface area (Å²) >= 11 is 7.35. The van der Waals surface area contributed by atoms with E-state index < -0.39 is 11.6 Å². The van der Waals surface area contributed by atoms with E-state index in [9.17, 15) is 8.78 Å². The molecular formula is C12H11ClF2S. The number of hydrogen-bond acceptors (Lipinski definition) is 1. The standard InChI is InChI=1S/C12H11ClF2S/c1-12(2,3)11-9(13)8-6(14)4-5-7(15)10(8)16-11/h4-5H,1-3H3. The molecule has 0 nitrogen and oxygen atoms in total. The van der Waals surface area contributed by atoms with Gasteiger partial charge in [0.2, 0.25) is 0 Å². The predicted octanol–water partition coefficient (Wildman–Crippen LogP) is 5.13. The normalized spacial score (nSPS) is 12.4. The summed E-state index contributed by atoms with van der Waals surface area (Å²) in [5, 5.41) is 0.543. The molecule has 2 aromatic rings. The fourth-order valence-corrected chi connectivity index (χ4v) is 3.39. The summed E-state index contributed by atoms with van der Waals surface area (Å²) in [6, 6.07) is 2.25. The van der Waals surface area contributed by atoms with E-state index in [2.05, 4.69) is 0 Å². The van der Waals surface area contributed by atoms with Gasteiger partial charge in [0.15, 0.2) is 0 Å². The van der Waals surface area contributed by atoms with Crippen LogP contribution in [0.4, 0.5) is 8.78 Å². The van der Waals surface area contributed by atoms with Gasteiger partial charge in [-0.2, -0.15) is 0 Å². The Bertz CT molecular complexity index is 552. The second-order valence-electron chi connectivity index (χ2n) is 4.73. The molecule has 0 aliphatic carbocycles. The highest BCUT2D eigenvalue weighted by atomic mass is 35.5. The van der Waals surface area contributed by atoms with Crippen LogP contribution in [0, 0.1) is 11.6 Å². The predicted molar refractivity (Wildman–Crippen MR) is 65.5 cm³/mol. The van der Waals surface area contributed by atoms with E-state index in [0.717, 1.165) is 17.0 Å². The summed E-state index contributed by atoms with van der Waals surface area (Å²) in [4.78, 5) is 0.813. The highest BCUT2D eigenvalue weighted by Crippen LogP contribution is 2.43. The van der Waals surface area contributed by atoms with Crippen molar-refractivity contribution in [2.24, 2.45) is 0 Å². The molecule has 0 spiro atoms. The Kier molecular flexibility index (Phi) is 2.71. The average molecular weight is 261 g/mol. The zero-order valence-corrected chi connectivity index (χ0v) is 10.8. The topological polar surface area (TPSA) is 0 Å². The van der Waals surface area contributed by atoms with Gasteiger partial charge in [-0.3, -0.25) is 0 Å². The van der Waals surface area contributed by atoms with E-state index in [1.54, 1.807) is 0 Å². The molecule has 0 saturated carbocycles. The van der Waals surface area contributed by atoms with Gasteiger partial charge in [0.25, 0.3) is 0 Å². The highest BCUT2D eigenvalue weighted by Gasteiger charge is 2.25. The van der Waals surface area contributed by atoms with Crippen LogP contribution in [-0.4, -0.2) is 0 Å². The first kappa shape index (κ1) is 11.8. The zero-order valence-electron chi connectivity index (χ0n) is 9.20. The molecule has 0 fully saturated rings. The highest BCUT2D eigenvalue weighted by molar-refractivity contribution is 7.20. The second-order valence-corrected chi connectivity index (χ2v) is 6.13. The van der Waals surface area contributed by atoms with E-state index in [1.807, 2.05) is 20.8 Å². The molecule has 0 N–H and O–H groups in total. The molecule has 0 aliphatic rings. The number of benzene rings is 1. The van der Waals surface area contributed by atoms with Crippen LogP contribution in [0.2, 0.25) is 5.02 Å². The van der Waals surface area contributed by atoms with Crippen molar-refractivity contribution in [1.82, 2.24) is 0 Å². The van der Waals surface area contributed by atoms with Gasteiger partial charge in [0.05, 0.1) is 15.1 Å². The maximum absolute atomic E-state index is 13.6. The Balaban J connectivity index is 2.88. The number of fused-ring (bicyclic) bond motifs is 1. The van der Waals surface area contributed by atoms with E-state index in [4.69, 9.17) is 11.6 Å². The minimum absolute atomic E-state index is 0.205. The SMILES string of the molecule is CC(C)(C)c1sc2c(F)ccc(F)c2c1Cl. The summed E-state index contributed by atoms with van der Waals surface area (Å²) in [7, 11) is 0. The van der Waals surface area contributed by atoms with Crippen LogP contribution in [0.1, 0.15) is 25.6 Å². The van der Waals surface area contributed by atoms with Gasteiger partial charge in [-0.25, -0.2) is 8.78 Å². The maximum atomic E-state index is 13.6. The van der Waals surface area contributed by atoms with Gasteiger partial charge >= 0.3 is 0 Å². The van der Waals surface area contributed by atoms with Gasteiger partial charge < -0.3 is 0 Å². The van der Waals surface area contributed by atoms with Crippen molar-refractivity contribution >= 4 is 33.0 Å². The fraction of sp³-hybridized carbons (Fsp3) is 0.333. The van der Waals surface area contributed by atoms with Crippen LogP contribution in [0.15, 0.2) is 12.1 Å². The molecule has 0 saturated heterocycles. The molecule has 0 radical (unpaired) electrons. The molecule has 16 heavy (non-hydrogen) atoms. The van der Waals surface area contributed by atoms with Gasteiger partial charge in [-0.15, -0.1) is 11.3 Å². The minimum Gasteiger partial charge on any atom is -0.206 e. The van der Waals surface area contributed by atoms with E-state index >= 15 is 0 Å². The second kappa shape index (κ2) is 3.67. The van der Waals surface area contributed by atoms with Crippen LogP contribution in [-0.2, 0) is 5.41 Å². The molecular weight excluding hydrogens is 250 g/mol. The van der Waals surface area contributed by atoms with Crippen LogP contribution in [0.3, 0.4) is 0 Å². The van der Waals surface area contributed by atoms with Gasteiger partial charge in [-0.05, 0) is 17.5 Å². The Hall–Kier alpha value is -0.670. The van der Waals surface area contributed by atoms with Crippen LogP contribution in [0.5, 0.6) is 0 Å². The van der Waals surface area contributed by atoms with E-state index in [-0.39, 0.29) is 10.8 Å². The molecule has 1 aromatic heterocycles. The molecule has 1 aromatic carbocycles. The van der Waals surface area contributed by atoms with Gasteiger partial charge in [0, 0.05) is 4.88 Å². The van der Waals surface area contributed by atoms with E-state index in [1.165, 1.54) is 11.3 Å². The zero-order chi connectivity index (χ0) is 12.1. The van der Waals surface area contributed by atoms with Gasteiger partial charge in [-0.1, -0.05) is 32.4 Å². The van der Waals surface area contributed by atoms with Crippen LogP contribution in [0.25, 0.3) is 10.1 Å². The largest absolute Gasteiger partial charge is 0.206 e. The summed E-state index contributed by atoms with van der Waals surface area (Å²) < 4.78 is 27.4. The summed E-state index contributed by atoms with van der Waals surface area (Å²) in [5.74, 6) is -0.882. The maximum Gasteiger partial charge on any atom is 0.141 e. The van der Waals surface area contributed by atoms with Gasteiger partial charge in [0.1, 0.15) is 11.6 Å².